The van der Waals surface area contributed by atoms with E-state index >= 15 is 0 Å². The number of phenols is 1. The van der Waals surface area contributed by atoms with Crippen LogP contribution < -0.4 is 0 Å². The van der Waals surface area contributed by atoms with Gasteiger partial charge in [0.1, 0.15) is 0 Å². The van der Waals surface area contributed by atoms with Crippen molar-refractivity contribution >= 4 is 0 Å². The third kappa shape index (κ3) is 1.48. The Morgan fingerprint density at radius 1 is 1.27 bits per heavy atom. The molecule has 1 heteroatoms. The summed E-state index contributed by atoms with van der Waals surface area (Å²) in [5, 5.41) is 9.34. The first-order valence-corrected chi connectivity index (χ1v) is 3.72. The van der Waals surface area contributed by atoms with Gasteiger partial charge in [0.2, 0.25) is 0 Å². The zero-order valence-corrected chi connectivity index (χ0v) is 7.18. The van der Waals surface area contributed by atoms with E-state index in [9.17, 15) is 5.11 Å². The Kier molecular flexibility index (Phi) is 2.08. The van der Waals surface area contributed by atoms with E-state index in [0.717, 1.165) is 11.1 Å². The predicted molar refractivity (Wildman–Crippen MR) is 46.5 cm³/mol. The Hall–Kier alpha value is -1.11. The smallest absolute Gasteiger partial charge is 0.0634 e. The van der Waals surface area contributed by atoms with E-state index in [1.807, 2.05) is 32.9 Å². The molecule has 1 N–H and O–H groups in total. The number of rotatable bonds is 1. The van der Waals surface area contributed by atoms with Crippen LogP contribution in [0.4, 0.5) is 0 Å². The molecule has 11 heavy (non-hydrogen) atoms. The van der Waals surface area contributed by atoms with Gasteiger partial charge in [-0.05, 0) is 6.07 Å². The molecule has 1 nitrogen and oxygen atoms in total. The molecule has 0 heterocycles. The molecule has 60 valence electrons. The SMILES string of the molecule is Cc1c(O)cccc1[C-](C)C. The second-order valence-electron chi connectivity index (χ2n) is 2.95. The summed E-state index contributed by atoms with van der Waals surface area (Å²) in [4.78, 5) is 0. The molecule has 0 bridgehead atoms. The van der Waals surface area contributed by atoms with Crippen LogP contribution >= 0.6 is 0 Å². The summed E-state index contributed by atoms with van der Waals surface area (Å²) in [6, 6.07) is 5.59. The quantitative estimate of drug-likeness (QED) is 0.608. The lowest BCUT2D eigenvalue weighted by Gasteiger charge is -2.20. The summed E-state index contributed by atoms with van der Waals surface area (Å²) in [7, 11) is 0. The largest absolute Gasteiger partial charge is 0.521 e. The van der Waals surface area contributed by atoms with Crippen LogP contribution in [0, 0.1) is 12.8 Å². The van der Waals surface area contributed by atoms with E-state index in [1.165, 1.54) is 5.92 Å². The van der Waals surface area contributed by atoms with Gasteiger partial charge in [-0.2, -0.15) is 17.5 Å². The molecular weight excluding hydrogens is 136 g/mol. The Morgan fingerprint density at radius 2 is 1.91 bits per heavy atom. The number of phenolic OH excluding ortho intramolecular Hbond substituents is 1. The molecule has 1 rings (SSSR count). The van der Waals surface area contributed by atoms with E-state index in [1.54, 1.807) is 6.07 Å². The molecule has 0 unspecified atom stereocenters. The van der Waals surface area contributed by atoms with Gasteiger partial charge in [0, 0.05) is 0 Å². The monoisotopic (exact) mass is 149 g/mol. The maximum Gasteiger partial charge on any atom is 0.0634 e. The lowest BCUT2D eigenvalue weighted by Crippen LogP contribution is -1.91. The molecule has 0 aromatic heterocycles. The average molecular weight is 149 g/mol. The minimum Gasteiger partial charge on any atom is -0.521 e. The maximum absolute atomic E-state index is 9.34. The summed E-state index contributed by atoms with van der Waals surface area (Å²) in [5.41, 5.74) is 2.11. The van der Waals surface area contributed by atoms with Crippen LogP contribution in [0.15, 0.2) is 18.2 Å². The molecule has 0 aliphatic rings. The topological polar surface area (TPSA) is 20.2 Å². The molecule has 0 saturated heterocycles. The first-order chi connectivity index (χ1) is 5.13. The molecule has 0 saturated carbocycles. The second-order valence-corrected chi connectivity index (χ2v) is 2.95. The second kappa shape index (κ2) is 2.87. The van der Waals surface area contributed by atoms with Gasteiger partial charge in [0.25, 0.3) is 0 Å². The Labute approximate surface area is 67.7 Å². The third-order valence-corrected chi connectivity index (χ3v) is 1.84. The predicted octanol–water partition coefficient (Wildman–Crippen LogP) is 2.66. The van der Waals surface area contributed by atoms with Crippen molar-refractivity contribution in [3.8, 4) is 5.75 Å². The zero-order valence-electron chi connectivity index (χ0n) is 7.18. The highest BCUT2D eigenvalue weighted by Gasteiger charge is 1.94. The number of aromatic hydroxyl groups is 1. The fourth-order valence-electron chi connectivity index (χ4n) is 1.17. The van der Waals surface area contributed by atoms with Crippen LogP contribution in [0.3, 0.4) is 0 Å². The molecule has 0 aliphatic carbocycles. The normalized spacial score (nSPS) is 9.73. The Morgan fingerprint density at radius 3 is 2.36 bits per heavy atom. The highest BCUT2D eigenvalue weighted by molar-refractivity contribution is 5.44. The summed E-state index contributed by atoms with van der Waals surface area (Å²) < 4.78 is 0. The van der Waals surface area contributed by atoms with Crippen LogP contribution in [-0.4, -0.2) is 5.11 Å². The Bertz CT molecular complexity index is 251. The molecule has 0 fully saturated rings. The van der Waals surface area contributed by atoms with Gasteiger partial charge in [-0.15, -0.1) is 11.6 Å². The summed E-state index contributed by atoms with van der Waals surface area (Å²) in [6.45, 7) is 6.02. The summed E-state index contributed by atoms with van der Waals surface area (Å²) in [5.74, 6) is 1.61. The summed E-state index contributed by atoms with van der Waals surface area (Å²) in [6.07, 6.45) is 0. The van der Waals surface area contributed by atoms with Gasteiger partial charge in [0.15, 0.2) is 0 Å². The van der Waals surface area contributed by atoms with Crippen molar-refractivity contribution in [2.75, 3.05) is 0 Å². The maximum atomic E-state index is 9.34. The van der Waals surface area contributed by atoms with Crippen LogP contribution in [0.25, 0.3) is 0 Å². The lowest BCUT2D eigenvalue weighted by molar-refractivity contribution is 0.470. The first-order valence-electron chi connectivity index (χ1n) is 3.72. The molecule has 0 aliphatic heterocycles. The van der Waals surface area contributed by atoms with Crippen molar-refractivity contribution in [3.05, 3.63) is 35.2 Å². The molecular formula is C10H13O-. The minimum absolute atomic E-state index is 0.378. The third-order valence-electron chi connectivity index (χ3n) is 1.84. The van der Waals surface area contributed by atoms with Gasteiger partial charge >= 0.3 is 0 Å². The zero-order chi connectivity index (χ0) is 8.43. The highest BCUT2D eigenvalue weighted by atomic mass is 16.3. The van der Waals surface area contributed by atoms with Crippen LogP contribution in [-0.2, 0) is 0 Å². The van der Waals surface area contributed by atoms with Crippen molar-refractivity contribution in [2.45, 2.75) is 20.8 Å². The van der Waals surface area contributed by atoms with Crippen LogP contribution in [0.1, 0.15) is 25.0 Å². The van der Waals surface area contributed by atoms with Crippen LogP contribution in [0.5, 0.6) is 5.75 Å². The van der Waals surface area contributed by atoms with Gasteiger partial charge < -0.3 is 5.11 Å². The molecule has 1 aromatic rings. The standard InChI is InChI=1S/C10H13O/c1-7(2)9-5-4-6-10(11)8(9)3/h4-6,11H,1-3H3/q-1. The van der Waals surface area contributed by atoms with Crippen molar-refractivity contribution < 1.29 is 5.11 Å². The molecule has 0 atom stereocenters. The number of hydrogen-bond donors (Lipinski definition) is 1. The van der Waals surface area contributed by atoms with Gasteiger partial charge in [-0.25, -0.2) is 0 Å². The van der Waals surface area contributed by atoms with E-state index in [-0.39, 0.29) is 0 Å². The van der Waals surface area contributed by atoms with Gasteiger partial charge in [-0.1, -0.05) is 20.8 Å². The van der Waals surface area contributed by atoms with Crippen molar-refractivity contribution in [1.29, 1.82) is 0 Å². The molecule has 0 spiro atoms. The Balaban J connectivity index is 3.17. The molecule has 1 aromatic carbocycles. The van der Waals surface area contributed by atoms with E-state index in [2.05, 4.69) is 0 Å². The van der Waals surface area contributed by atoms with E-state index < -0.39 is 0 Å². The first kappa shape index (κ1) is 7.99. The van der Waals surface area contributed by atoms with Crippen LogP contribution in [0.2, 0.25) is 0 Å². The minimum atomic E-state index is 0.378. The summed E-state index contributed by atoms with van der Waals surface area (Å²) >= 11 is 0. The van der Waals surface area contributed by atoms with E-state index in [4.69, 9.17) is 0 Å². The fraction of sp³-hybridized carbons (Fsp3) is 0.300. The average Bonchev–Trinajstić information content (AvgIpc) is 1.94. The van der Waals surface area contributed by atoms with E-state index in [0.29, 0.717) is 5.75 Å². The van der Waals surface area contributed by atoms with Gasteiger partial charge in [0.05, 0.1) is 5.75 Å². The molecule has 0 amide bonds. The van der Waals surface area contributed by atoms with Crippen molar-refractivity contribution in [3.63, 3.8) is 0 Å². The number of hydrogen-bond acceptors (Lipinski definition) is 1. The van der Waals surface area contributed by atoms with Crippen molar-refractivity contribution in [2.24, 2.45) is 0 Å². The van der Waals surface area contributed by atoms with Gasteiger partial charge in [-0.3, -0.25) is 0 Å². The highest BCUT2D eigenvalue weighted by Crippen LogP contribution is 2.24. The fourth-order valence-corrected chi connectivity index (χ4v) is 1.17. The molecule has 0 radical (unpaired) electrons. The number of benzene rings is 1. The van der Waals surface area contributed by atoms with Crippen molar-refractivity contribution in [1.82, 2.24) is 0 Å². The lowest BCUT2D eigenvalue weighted by atomic mass is 9.98.